The Morgan fingerprint density at radius 2 is 0.969 bits per heavy atom. The molecule has 0 aliphatic carbocycles. The van der Waals surface area contributed by atoms with E-state index in [1.165, 1.54) is 0 Å². The zero-order valence-corrected chi connectivity index (χ0v) is 19.8. The van der Waals surface area contributed by atoms with Crippen molar-refractivity contribution in [2.24, 2.45) is 0 Å². The van der Waals surface area contributed by atoms with Crippen LogP contribution in [-0.4, -0.2) is 70.5 Å². The summed E-state index contributed by atoms with van der Waals surface area (Å²) in [6, 6.07) is 14.9. The molecule has 2 heterocycles. The summed E-state index contributed by atoms with van der Waals surface area (Å²) in [5.74, 6) is 0. The Hall–Kier alpha value is -1.18. The third kappa shape index (κ3) is 5.65. The average molecular weight is 479 g/mol. The van der Waals surface area contributed by atoms with E-state index >= 15 is 0 Å². The van der Waals surface area contributed by atoms with Crippen molar-refractivity contribution in [1.29, 1.82) is 0 Å². The number of aliphatic hydroxyl groups is 3. The smallest absolute Gasteiger partial charge is 0.0920 e. The second kappa shape index (κ2) is 9.98. The van der Waals surface area contributed by atoms with Gasteiger partial charge in [0.1, 0.15) is 0 Å². The van der Waals surface area contributed by atoms with Crippen molar-refractivity contribution in [1.82, 2.24) is 9.80 Å². The zero-order valence-electron chi connectivity index (χ0n) is 18.3. The Balaban J connectivity index is 1.22. The highest BCUT2D eigenvalue weighted by atomic mass is 35.5. The molecule has 0 bridgehead atoms. The van der Waals surface area contributed by atoms with E-state index in [-0.39, 0.29) is 0 Å². The summed E-state index contributed by atoms with van der Waals surface area (Å²) < 4.78 is 0. The Kier molecular flexibility index (Phi) is 7.47. The van der Waals surface area contributed by atoms with Gasteiger partial charge in [-0.25, -0.2) is 0 Å². The van der Waals surface area contributed by atoms with Crippen molar-refractivity contribution in [3.63, 3.8) is 0 Å². The van der Waals surface area contributed by atoms with Crippen molar-refractivity contribution in [2.75, 3.05) is 39.3 Å². The molecule has 2 fully saturated rings. The molecule has 0 unspecified atom stereocenters. The van der Waals surface area contributed by atoms with Crippen LogP contribution in [0.15, 0.2) is 48.5 Å². The lowest BCUT2D eigenvalue weighted by atomic mass is 9.84. The highest BCUT2D eigenvalue weighted by molar-refractivity contribution is 6.30. The van der Waals surface area contributed by atoms with E-state index in [4.69, 9.17) is 23.2 Å². The van der Waals surface area contributed by atoms with Crippen LogP contribution in [0.2, 0.25) is 10.0 Å². The van der Waals surface area contributed by atoms with Crippen molar-refractivity contribution in [3.05, 3.63) is 69.7 Å². The molecule has 4 rings (SSSR count). The van der Waals surface area contributed by atoms with Gasteiger partial charge in [-0.3, -0.25) is 0 Å². The van der Waals surface area contributed by atoms with Crippen LogP contribution >= 0.6 is 23.2 Å². The van der Waals surface area contributed by atoms with E-state index in [1.807, 2.05) is 48.5 Å². The molecular weight excluding hydrogens is 447 g/mol. The number of halogens is 2. The summed E-state index contributed by atoms with van der Waals surface area (Å²) in [7, 11) is 0. The Bertz CT molecular complexity index is 802. The fourth-order valence-electron chi connectivity index (χ4n) is 4.96. The molecule has 0 amide bonds. The largest absolute Gasteiger partial charge is 0.390 e. The van der Waals surface area contributed by atoms with E-state index < -0.39 is 17.3 Å². The van der Waals surface area contributed by atoms with Gasteiger partial charge in [-0.05, 0) is 61.1 Å². The van der Waals surface area contributed by atoms with E-state index in [0.29, 0.717) is 48.8 Å². The van der Waals surface area contributed by atoms with Crippen LogP contribution in [0.25, 0.3) is 0 Å². The molecule has 0 spiro atoms. The summed E-state index contributed by atoms with van der Waals surface area (Å²) in [5.41, 5.74) is 0.156. The van der Waals surface area contributed by atoms with Crippen LogP contribution in [0.1, 0.15) is 36.8 Å². The van der Waals surface area contributed by atoms with Crippen molar-refractivity contribution in [2.45, 2.75) is 43.0 Å². The maximum atomic E-state index is 11.0. The number of hydrogen-bond donors (Lipinski definition) is 3. The van der Waals surface area contributed by atoms with Crippen molar-refractivity contribution >= 4 is 23.2 Å². The molecule has 7 heteroatoms. The second-order valence-electron chi connectivity index (χ2n) is 9.33. The quantitative estimate of drug-likeness (QED) is 0.591. The molecule has 0 saturated carbocycles. The van der Waals surface area contributed by atoms with E-state index in [9.17, 15) is 15.3 Å². The second-order valence-corrected chi connectivity index (χ2v) is 10.2. The number of β-amino-alcohol motifs (C(OH)–C–C–N with tert-alkyl or cyclic N) is 1. The minimum absolute atomic E-state index is 0.460. The number of rotatable bonds is 6. The predicted octanol–water partition coefficient (Wildman–Crippen LogP) is 3.62. The average Bonchev–Trinajstić information content (AvgIpc) is 2.78. The third-order valence-corrected chi connectivity index (χ3v) is 7.57. The maximum absolute atomic E-state index is 11.0. The molecule has 2 aliphatic heterocycles. The maximum Gasteiger partial charge on any atom is 0.0920 e. The van der Waals surface area contributed by atoms with Gasteiger partial charge in [-0.1, -0.05) is 47.5 Å². The molecular formula is C25H32Cl2N2O3. The van der Waals surface area contributed by atoms with Gasteiger partial charge in [0.15, 0.2) is 0 Å². The molecule has 0 atom stereocenters. The minimum Gasteiger partial charge on any atom is -0.390 e. The highest BCUT2D eigenvalue weighted by Gasteiger charge is 2.36. The van der Waals surface area contributed by atoms with Crippen molar-refractivity contribution in [3.8, 4) is 0 Å². The lowest BCUT2D eigenvalue weighted by Crippen LogP contribution is -2.49. The molecule has 2 saturated heterocycles. The summed E-state index contributed by atoms with van der Waals surface area (Å²) in [6.45, 7) is 4.15. The number of likely N-dealkylation sites (tertiary alicyclic amines) is 2. The first kappa shape index (κ1) is 24.0. The van der Waals surface area contributed by atoms with Crippen LogP contribution in [0.5, 0.6) is 0 Å². The summed E-state index contributed by atoms with van der Waals surface area (Å²) in [4.78, 5) is 4.45. The van der Waals surface area contributed by atoms with Crippen LogP contribution in [0, 0.1) is 0 Å². The van der Waals surface area contributed by atoms with Gasteiger partial charge in [0.05, 0.1) is 17.3 Å². The van der Waals surface area contributed by atoms with Gasteiger partial charge in [-0.15, -0.1) is 0 Å². The first-order valence-corrected chi connectivity index (χ1v) is 12.1. The number of hydrogen-bond acceptors (Lipinski definition) is 5. The molecule has 2 aromatic carbocycles. The van der Waals surface area contributed by atoms with Crippen molar-refractivity contribution < 1.29 is 15.3 Å². The van der Waals surface area contributed by atoms with Crippen LogP contribution < -0.4 is 0 Å². The van der Waals surface area contributed by atoms with Crippen LogP contribution in [-0.2, 0) is 11.2 Å². The molecule has 0 aromatic heterocycles. The number of benzene rings is 2. The van der Waals surface area contributed by atoms with E-state index in [1.54, 1.807) is 0 Å². The van der Waals surface area contributed by atoms with Gasteiger partial charge >= 0.3 is 0 Å². The minimum atomic E-state index is -0.828. The summed E-state index contributed by atoms with van der Waals surface area (Å²) in [5, 5.41) is 34.1. The van der Waals surface area contributed by atoms with Gasteiger partial charge in [-0.2, -0.15) is 0 Å². The summed E-state index contributed by atoms with van der Waals surface area (Å²) >= 11 is 11.9. The molecule has 2 aliphatic rings. The summed E-state index contributed by atoms with van der Waals surface area (Å²) in [6.07, 6.45) is 2.09. The molecule has 174 valence electrons. The Morgan fingerprint density at radius 3 is 1.28 bits per heavy atom. The van der Waals surface area contributed by atoms with Gasteiger partial charge in [0, 0.05) is 49.3 Å². The molecule has 32 heavy (non-hydrogen) atoms. The SMILES string of the molecule is OC(CN1CCC(O)(c2ccc(Cl)cc2)CC1)CN1CCC(O)(c2ccc(Cl)cc2)CC1. The topological polar surface area (TPSA) is 67.2 Å². The van der Waals surface area contributed by atoms with E-state index in [2.05, 4.69) is 9.80 Å². The fraction of sp³-hybridized carbons (Fsp3) is 0.520. The normalized spacial score (nSPS) is 21.7. The first-order valence-electron chi connectivity index (χ1n) is 11.4. The number of aliphatic hydroxyl groups excluding tert-OH is 1. The Morgan fingerprint density at radius 1 is 0.656 bits per heavy atom. The molecule has 0 radical (unpaired) electrons. The lowest BCUT2D eigenvalue weighted by molar-refractivity contribution is -0.0476. The van der Waals surface area contributed by atoms with E-state index in [0.717, 1.165) is 37.3 Å². The molecule has 5 nitrogen and oxygen atoms in total. The zero-order chi connectivity index (χ0) is 22.8. The predicted molar refractivity (Wildman–Crippen MR) is 128 cm³/mol. The Labute approximate surface area is 200 Å². The number of piperidine rings is 2. The number of nitrogens with zero attached hydrogens (tertiary/aromatic N) is 2. The highest BCUT2D eigenvalue weighted by Crippen LogP contribution is 2.35. The van der Waals surface area contributed by atoms with Gasteiger partial charge in [0.2, 0.25) is 0 Å². The molecule has 2 aromatic rings. The van der Waals surface area contributed by atoms with Crippen LogP contribution in [0.4, 0.5) is 0 Å². The standard InChI is InChI=1S/C25H32Cl2N2O3/c26-21-5-1-19(2-6-21)24(31)9-13-28(14-10-24)17-23(30)18-29-15-11-25(32,12-16-29)20-3-7-22(27)8-4-20/h1-8,23,30-32H,9-18H2. The molecule has 3 N–H and O–H groups in total. The van der Waals surface area contributed by atoms with Crippen LogP contribution in [0.3, 0.4) is 0 Å². The fourth-order valence-corrected chi connectivity index (χ4v) is 5.21. The first-order chi connectivity index (χ1) is 15.3. The van der Waals surface area contributed by atoms with Gasteiger partial charge in [0.25, 0.3) is 0 Å². The monoisotopic (exact) mass is 478 g/mol. The lowest BCUT2D eigenvalue weighted by Gasteiger charge is -2.41. The third-order valence-electron chi connectivity index (χ3n) is 7.07. The van der Waals surface area contributed by atoms with Gasteiger partial charge < -0.3 is 25.1 Å².